The Bertz CT molecular complexity index is 162. The second kappa shape index (κ2) is 6.38. The third-order valence-electron chi connectivity index (χ3n) is 2.11. The van der Waals surface area contributed by atoms with Gasteiger partial charge in [0, 0.05) is 31.7 Å². The largest absolute Gasteiger partial charge is 0.374 e. The summed E-state index contributed by atoms with van der Waals surface area (Å²) in [6.07, 6.45) is 2.28. The molecule has 0 aliphatic carbocycles. The molecule has 1 atom stereocenters. The second-order valence-electron chi connectivity index (χ2n) is 3.17. The molecule has 0 spiro atoms. The molecule has 0 aromatic rings. The average molecular weight is 205 g/mol. The van der Waals surface area contributed by atoms with Gasteiger partial charge in [0.25, 0.3) is 0 Å². The molecule has 1 heterocycles. The van der Waals surface area contributed by atoms with E-state index in [1.54, 1.807) is 5.54 Å². The first-order chi connectivity index (χ1) is 6.36. The van der Waals surface area contributed by atoms with Gasteiger partial charge < -0.3 is 10.1 Å². The zero-order valence-corrected chi connectivity index (χ0v) is 8.76. The van der Waals surface area contributed by atoms with Gasteiger partial charge in [-0.1, -0.05) is 17.7 Å². The molecule has 1 aliphatic rings. The van der Waals surface area contributed by atoms with E-state index in [1.165, 1.54) is 0 Å². The number of nitrogens with zero attached hydrogens (tertiary/aromatic N) is 1. The molecule has 1 fully saturated rings. The summed E-state index contributed by atoms with van der Waals surface area (Å²) in [5.41, 5.74) is 1.57. The van der Waals surface area contributed by atoms with Crippen LogP contribution in [-0.4, -0.2) is 50.8 Å². The standard InChI is InChI=1S/C9H17ClN2O/c1-11-7-9-8-12(4-2-3-10)5-6-13-9/h2-3,9,11H,4-8H2,1H3/b3-2+. The van der Waals surface area contributed by atoms with Crippen molar-refractivity contribution in [2.45, 2.75) is 6.10 Å². The fraction of sp³-hybridized carbons (Fsp3) is 0.778. The molecular formula is C9H17ClN2O. The van der Waals surface area contributed by atoms with E-state index in [-0.39, 0.29) is 0 Å². The highest BCUT2D eigenvalue weighted by Gasteiger charge is 2.18. The summed E-state index contributed by atoms with van der Waals surface area (Å²) in [5, 5.41) is 3.12. The summed E-state index contributed by atoms with van der Waals surface area (Å²) in [6.45, 7) is 4.65. The Morgan fingerprint density at radius 1 is 1.69 bits per heavy atom. The number of halogens is 1. The lowest BCUT2D eigenvalue weighted by Crippen LogP contribution is -2.46. The van der Waals surface area contributed by atoms with Crippen LogP contribution in [0.4, 0.5) is 0 Å². The molecule has 3 nitrogen and oxygen atoms in total. The zero-order chi connectivity index (χ0) is 9.52. The number of nitrogens with one attached hydrogen (secondary N) is 1. The topological polar surface area (TPSA) is 24.5 Å². The molecule has 0 aromatic heterocycles. The molecule has 4 heteroatoms. The van der Waals surface area contributed by atoms with E-state index in [0.717, 1.165) is 32.8 Å². The molecule has 76 valence electrons. The molecular weight excluding hydrogens is 188 g/mol. The second-order valence-corrected chi connectivity index (χ2v) is 3.42. The van der Waals surface area contributed by atoms with Gasteiger partial charge in [0.05, 0.1) is 12.7 Å². The Morgan fingerprint density at radius 2 is 2.54 bits per heavy atom. The molecule has 13 heavy (non-hydrogen) atoms. The summed E-state index contributed by atoms with van der Waals surface area (Å²) in [4.78, 5) is 2.34. The number of likely N-dealkylation sites (N-methyl/N-ethyl adjacent to an activating group) is 1. The molecule has 1 aliphatic heterocycles. The van der Waals surface area contributed by atoms with Crippen LogP contribution in [0.3, 0.4) is 0 Å². The van der Waals surface area contributed by atoms with Gasteiger partial charge in [-0.2, -0.15) is 0 Å². The quantitative estimate of drug-likeness (QED) is 0.728. The third kappa shape index (κ3) is 4.09. The zero-order valence-electron chi connectivity index (χ0n) is 8.00. The maximum atomic E-state index is 5.57. The van der Waals surface area contributed by atoms with Crippen LogP contribution in [0.25, 0.3) is 0 Å². The molecule has 0 aromatic carbocycles. The molecule has 0 bridgehead atoms. The van der Waals surface area contributed by atoms with Crippen molar-refractivity contribution in [3.63, 3.8) is 0 Å². The van der Waals surface area contributed by atoms with Crippen LogP contribution in [0.2, 0.25) is 0 Å². The maximum Gasteiger partial charge on any atom is 0.0826 e. The summed E-state index contributed by atoms with van der Waals surface area (Å²) < 4.78 is 5.57. The number of hydrogen-bond acceptors (Lipinski definition) is 3. The lowest BCUT2D eigenvalue weighted by atomic mass is 10.2. The fourth-order valence-corrected chi connectivity index (χ4v) is 1.57. The van der Waals surface area contributed by atoms with Crippen LogP contribution in [0.5, 0.6) is 0 Å². The van der Waals surface area contributed by atoms with Crippen molar-refractivity contribution in [3.05, 3.63) is 11.6 Å². The van der Waals surface area contributed by atoms with Crippen molar-refractivity contribution in [1.82, 2.24) is 10.2 Å². The molecule has 0 amide bonds. The minimum absolute atomic E-state index is 0.322. The van der Waals surface area contributed by atoms with E-state index in [4.69, 9.17) is 16.3 Å². The lowest BCUT2D eigenvalue weighted by molar-refractivity contribution is -0.0223. The van der Waals surface area contributed by atoms with Gasteiger partial charge in [-0.3, -0.25) is 4.90 Å². The average Bonchev–Trinajstić information content (AvgIpc) is 2.16. The first-order valence-electron chi connectivity index (χ1n) is 4.60. The number of ether oxygens (including phenoxy) is 1. The highest BCUT2D eigenvalue weighted by atomic mass is 35.5. The Balaban J connectivity index is 2.24. The first kappa shape index (κ1) is 11.0. The predicted molar refractivity (Wildman–Crippen MR) is 55.1 cm³/mol. The van der Waals surface area contributed by atoms with Crippen molar-refractivity contribution in [1.29, 1.82) is 0 Å². The van der Waals surface area contributed by atoms with Gasteiger partial charge in [0.1, 0.15) is 0 Å². The predicted octanol–water partition coefficient (Wildman–Crippen LogP) is 0.659. The maximum absolute atomic E-state index is 5.57. The van der Waals surface area contributed by atoms with Crippen molar-refractivity contribution in [2.24, 2.45) is 0 Å². The number of morpholine rings is 1. The third-order valence-corrected chi connectivity index (χ3v) is 2.29. The molecule has 1 N–H and O–H groups in total. The van der Waals surface area contributed by atoms with E-state index >= 15 is 0 Å². The Morgan fingerprint density at radius 3 is 3.23 bits per heavy atom. The van der Waals surface area contributed by atoms with Crippen molar-refractivity contribution < 1.29 is 4.74 Å². The lowest BCUT2D eigenvalue weighted by Gasteiger charge is -2.31. The van der Waals surface area contributed by atoms with E-state index in [2.05, 4.69) is 10.2 Å². The van der Waals surface area contributed by atoms with Crippen LogP contribution in [0, 0.1) is 0 Å². The van der Waals surface area contributed by atoms with Crippen molar-refractivity contribution in [3.8, 4) is 0 Å². The van der Waals surface area contributed by atoms with E-state index in [1.807, 2.05) is 13.1 Å². The normalized spacial score (nSPS) is 25.5. The smallest absolute Gasteiger partial charge is 0.0826 e. The Labute approximate surface area is 84.7 Å². The van der Waals surface area contributed by atoms with Gasteiger partial charge in [-0.05, 0) is 7.05 Å². The van der Waals surface area contributed by atoms with Crippen LogP contribution in [0.1, 0.15) is 0 Å². The minimum Gasteiger partial charge on any atom is -0.374 e. The van der Waals surface area contributed by atoms with Crippen LogP contribution in [0.15, 0.2) is 11.6 Å². The highest BCUT2D eigenvalue weighted by Crippen LogP contribution is 2.04. The Hall–Kier alpha value is -0.0900. The SMILES string of the molecule is CNCC1CN(C/C=C/Cl)CCO1. The van der Waals surface area contributed by atoms with Crippen molar-refractivity contribution >= 4 is 11.6 Å². The molecule has 0 radical (unpaired) electrons. The van der Waals surface area contributed by atoms with E-state index in [9.17, 15) is 0 Å². The van der Waals surface area contributed by atoms with Gasteiger partial charge in [0.15, 0.2) is 0 Å². The molecule has 0 saturated carbocycles. The van der Waals surface area contributed by atoms with E-state index in [0.29, 0.717) is 6.10 Å². The molecule has 1 saturated heterocycles. The van der Waals surface area contributed by atoms with Crippen LogP contribution in [-0.2, 0) is 4.74 Å². The Kier molecular flexibility index (Phi) is 5.39. The van der Waals surface area contributed by atoms with Crippen molar-refractivity contribution in [2.75, 3.05) is 39.8 Å². The fourth-order valence-electron chi connectivity index (χ4n) is 1.49. The molecule has 1 rings (SSSR count). The molecule has 1 unspecified atom stereocenters. The first-order valence-corrected chi connectivity index (χ1v) is 5.04. The van der Waals surface area contributed by atoms with E-state index < -0.39 is 0 Å². The van der Waals surface area contributed by atoms with Crippen LogP contribution >= 0.6 is 11.6 Å². The highest BCUT2D eigenvalue weighted by molar-refractivity contribution is 6.25. The monoisotopic (exact) mass is 204 g/mol. The summed E-state index contributed by atoms with van der Waals surface area (Å²) in [5.74, 6) is 0. The van der Waals surface area contributed by atoms with Gasteiger partial charge in [0.2, 0.25) is 0 Å². The summed E-state index contributed by atoms with van der Waals surface area (Å²) in [7, 11) is 1.95. The van der Waals surface area contributed by atoms with Crippen LogP contribution < -0.4 is 5.32 Å². The van der Waals surface area contributed by atoms with Gasteiger partial charge in [-0.15, -0.1) is 0 Å². The minimum atomic E-state index is 0.322. The van der Waals surface area contributed by atoms with Gasteiger partial charge >= 0.3 is 0 Å². The number of hydrogen-bond donors (Lipinski definition) is 1. The number of rotatable bonds is 4. The van der Waals surface area contributed by atoms with Gasteiger partial charge in [-0.25, -0.2) is 0 Å². The summed E-state index contributed by atoms with van der Waals surface area (Å²) in [6, 6.07) is 0. The summed E-state index contributed by atoms with van der Waals surface area (Å²) >= 11 is 5.47.